The molecule has 1 saturated heterocycles. The summed E-state index contributed by atoms with van der Waals surface area (Å²) in [6.07, 6.45) is 4.56. The molecule has 1 saturated carbocycles. The largest absolute Gasteiger partial charge is 0.467 e. The summed E-state index contributed by atoms with van der Waals surface area (Å²) in [5, 5.41) is 5.84. The minimum Gasteiger partial charge on any atom is -0.467 e. The van der Waals surface area contributed by atoms with E-state index >= 15 is 0 Å². The molecule has 0 unspecified atom stereocenters. The Morgan fingerprint density at radius 2 is 1.61 bits per heavy atom. The van der Waals surface area contributed by atoms with Crippen molar-refractivity contribution in [1.29, 1.82) is 0 Å². The predicted octanol–water partition coefficient (Wildman–Crippen LogP) is 2.82. The van der Waals surface area contributed by atoms with Crippen molar-refractivity contribution in [2.75, 3.05) is 46.1 Å². The molecule has 0 bridgehead atoms. The van der Waals surface area contributed by atoms with E-state index in [-0.39, 0.29) is 6.01 Å². The first kappa shape index (κ1) is 20.2. The molecule has 1 aliphatic carbocycles. The van der Waals surface area contributed by atoms with Crippen molar-refractivity contribution in [2.45, 2.75) is 37.8 Å². The SMILES string of the molecule is COc1nc(N)c2c(-c3ccccc3)nn(C3CCC(N4CCN(C)CC4)CC3)c2n1. The summed E-state index contributed by atoms with van der Waals surface area (Å²) < 4.78 is 7.39. The van der Waals surface area contributed by atoms with Gasteiger partial charge in [-0.1, -0.05) is 30.3 Å². The van der Waals surface area contributed by atoms with Gasteiger partial charge in [-0.2, -0.15) is 15.1 Å². The summed E-state index contributed by atoms with van der Waals surface area (Å²) in [5.74, 6) is 0.415. The van der Waals surface area contributed by atoms with Gasteiger partial charge in [0.25, 0.3) is 0 Å². The maximum atomic E-state index is 6.35. The highest BCUT2D eigenvalue weighted by Crippen LogP contribution is 2.37. The Hall–Kier alpha value is -2.71. The summed E-state index contributed by atoms with van der Waals surface area (Å²) in [5.41, 5.74) is 8.99. The van der Waals surface area contributed by atoms with Crippen LogP contribution < -0.4 is 10.5 Å². The highest BCUT2D eigenvalue weighted by molar-refractivity contribution is 5.98. The fourth-order valence-corrected chi connectivity index (χ4v) is 5.04. The molecule has 164 valence electrons. The van der Waals surface area contributed by atoms with E-state index < -0.39 is 0 Å². The van der Waals surface area contributed by atoms with Crippen molar-refractivity contribution in [1.82, 2.24) is 29.5 Å². The summed E-state index contributed by atoms with van der Waals surface area (Å²) in [6.45, 7) is 4.69. The highest BCUT2D eigenvalue weighted by Gasteiger charge is 2.31. The number of hydrogen-bond acceptors (Lipinski definition) is 7. The Bertz CT molecular complexity index is 1040. The number of fused-ring (bicyclic) bond motifs is 1. The van der Waals surface area contributed by atoms with Gasteiger partial charge in [-0.15, -0.1) is 0 Å². The Morgan fingerprint density at radius 1 is 0.935 bits per heavy atom. The number of hydrogen-bond donors (Lipinski definition) is 1. The zero-order chi connectivity index (χ0) is 21.4. The maximum Gasteiger partial charge on any atom is 0.320 e. The molecule has 0 spiro atoms. The normalized spacial score (nSPS) is 23.3. The number of ether oxygens (including phenoxy) is 1. The van der Waals surface area contributed by atoms with Crippen LogP contribution in [0, 0.1) is 0 Å². The van der Waals surface area contributed by atoms with Gasteiger partial charge in [-0.05, 0) is 32.7 Å². The van der Waals surface area contributed by atoms with Gasteiger partial charge in [-0.25, -0.2) is 4.68 Å². The summed E-state index contributed by atoms with van der Waals surface area (Å²) in [4.78, 5) is 14.1. The minimum atomic E-state index is 0.289. The average Bonchev–Trinajstić information content (AvgIpc) is 3.20. The van der Waals surface area contributed by atoms with Gasteiger partial charge in [0.15, 0.2) is 5.65 Å². The first-order valence-electron chi connectivity index (χ1n) is 11.2. The number of nitrogens with two attached hydrogens (primary N) is 1. The molecule has 2 fully saturated rings. The lowest BCUT2D eigenvalue weighted by molar-refractivity contribution is 0.0815. The lowest BCUT2D eigenvalue weighted by Gasteiger charge is -2.41. The molecule has 8 nitrogen and oxygen atoms in total. The van der Waals surface area contributed by atoms with Gasteiger partial charge in [0.05, 0.1) is 18.5 Å². The monoisotopic (exact) mass is 421 g/mol. The molecule has 1 aliphatic heterocycles. The first-order chi connectivity index (χ1) is 15.1. The van der Waals surface area contributed by atoms with Gasteiger partial charge in [-0.3, -0.25) is 4.90 Å². The van der Waals surface area contributed by atoms with E-state index in [2.05, 4.69) is 43.6 Å². The zero-order valence-electron chi connectivity index (χ0n) is 18.4. The number of methoxy groups -OCH3 is 1. The van der Waals surface area contributed by atoms with Crippen LogP contribution in [0.2, 0.25) is 0 Å². The quantitative estimate of drug-likeness (QED) is 0.693. The van der Waals surface area contributed by atoms with Crippen LogP contribution in [0.3, 0.4) is 0 Å². The molecule has 0 atom stereocenters. The number of likely N-dealkylation sites (N-methyl/N-ethyl adjacent to an activating group) is 1. The fourth-order valence-electron chi connectivity index (χ4n) is 5.04. The van der Waals surface area contributed by atoms with Gasteiger partial charge >= 0.3 is 6.01 Å². The van der Waals surface area contributed by atoms with Gasteiger partial charge in [0.2, 0.25) is 0 Å². The van der Waals surface area contributed by atoms with Gasteiger partial charge in [0.1, 0.15) is 11.5 Å². The molecule has 31 heavy (non-hydrogen) atoms. The summed E-state index contributed by atoms with van der Waals surface area (Å²) >= 11 is 0. The van der Waals surface area contributed by atoms with Gasteiger partial charge in [0, 0.05) is 37.8 Å². The second kappa shape index (κ2) is 8.43. The number of aromatic nitrogens is 4. The number of rotatable bonds is 4. The van der Waals surface area contributed by atoms with Crippen LogP contribution in [-0.4, -0.2) is 75.9 Å². The topological polar surface area (TPSA) is 85.3 Å². The molecule has 2 aromatic heterocycles. The number of benzene rings is 1. The van der Waals surface area contributed by atoms with Crippen molar-refractivity contribution >= 4 is 16.9 Å². The van der Waals surface area contributed by atoms with E-state index in [1.165, 1.54) is 39.0 Å². The summed E-state index contributed by atoms with van der Waals surface area (Å²) in [7, 11) is 3.78. The standard InChI is InChI=1S/C23H31N7O/c1-28-12-14-29(15-13-28)17-8-10-18(11-9-17)30-22-19(21(24)25-23(26-22)31-2)20(27-30)16-6-4-3-5-7-16/h3-7,17-18H,8-15H2,1-2H3,(H2,24,25,26). The van der Waals surface area contributed by atoms with E-state index in [0.29, 0.717) is 17.9 Å². The van der Waals surface area contributed by atoms with E-state index in [0.717, 1.165) is 35.1 Å². The molecule has 3 aromatic rings. The van der Waals surface area contributed by atoms with Crippen LogP contribution in [-0.2, 0) is 0 Å². The van der Waals surface area contributed by atoms with Crippen molar-refractivity contribution in [3.63, 3.8) is 0 Å². The Balaban J connectivity index is 1.45. The van der Waals surface area contributed by atoms with Crippen molar-refractivity contribution < 1.29 is 4.74 Å². The highest BCUT2D eigenvalue weighted by atomic mass is 16.5. The third-order valence-corrected chi connectivity index (χ3v) is 6.86. The average molecular weight is 422 g/mol. The molecule has 0 radical (unpaired) electrons. The van der Waals surface area contributed by atoms with Crippen LogP contribution in [0.25, 0.3) is 22.3 Å². The Morgan fingerprint density at radius 3 is 2.29 bits per heavy atom. The molecular weight excluding hydrogens is 390 g/mol. The van der Waals surface area contributed by atoms with Crippen LogP contribution in [0.15, 0.2) is 30.3 Å². The smallest absolute Gasteiger partial charge is 0.320 e. The Kier molecular flexibility index (Phi) is 5.50. The molecule has 1 aromatic carbocycles. The minimum absolute atomic E-state index is 0.289. The van der Waals surface area contributed by atoms with Crippen LogP contribution in [0.4, 0.5) is 5.82 Å². The third kappa shape index (κ3) is 3.85. The van der Waals surface area contributed by atoms with Crippen LogP contribution >= 0.6 is 0 Å². The molecule has 2 aliphatic rings. The van der Waals surface area contributed by atoms with E-state index in [1.807, 2.05) is 18.2 Å². The van der Waals surface area contributed by atoms with E-state index in [9.17, 15) is 0 Å². The number of nitrogens with zero attached hydrogens (tertiary/aromatic N) is 6. The van der Waals surface area contributed by atoms with Crippen molar-refractivity contribution in [3.05, 3.63) is 30.3 Å². The molecule has 3 heterocycles. The molecule has 8 heteroatoms. The maximum absolute atomic E-state index is 6.35. The van der Waals surface area contributed by atoms with E-state index in [1.54, 1.807) is 7.11 Å². The Labute approximate surface area is 183 Å². The van der Waals surface area contributed by atoms with Crippen molar-refractivity contribution in [2.24, 2.45) is 0 Å². The zero-order valence-corrected chi connectivity index (χ0v) is 18.4. The lowest BCUT2D eigenvalue weighted by Crippen LogP contribution is -2.49. The second-order valence-corrected chi connectivity index (χ2v) is 8.75. The second-order valence-electron chi connectivity index (χ2n) is 8.75. The fraction of sp³-hybridized carbons (Fsp3) is 0.522. The lowest BCUT2D eigenvalue weighted by atomic mass is 9.90. The predicted molar refractivity (Wildman–Crippen MR) is 122 cm³/mol. The summed E-state index contributed by atoms with van der Waals surface area (Å²) in [6, 6.07) is 11.4. The number of anilines is 1. The molecule has 2 N–H and O–H groups in total. The molecular formula is C23H31N7O. The molecule has 5 rings (SSSR count). The van der Waals surface area contributed by atoms with Crippen molar-refractivity contribution in [3.8, 4) is 17.3 Å². The van der Waals surface area contributed by atoms with Crippen LogP contribution in [0.5, 0.6) is 6.01 Å². The van der Waals surface area contributed by atoms with Gasteiger partial charge < -0.3 is 15.4 Å². The number of nitrogen functional groups attached to an aromatic ring is 1. The number of piperazine rings is 1. The third-order valence-electron chi connectivity index (χ3n) is 6.86. The van der Waals surface area contributed by atoms with E-state index in [4.69, 9.17) is 15.6 Å². The van der Waals surface area contributed by atoms with Crippen LogP contribution in [0.1, 0.15) is 31.7 Å². The first-order valence-corrected chi connectivity index (χ1v) is 11.2. The molecule has 0 amide bonds.